The lowest BCUT2D eigenvalue weighted by Crippen LogP contribution is -2.51. The van der Waals surface area contributed by atoms with Crippen molar-refractivity contribution in [1.82, 2.24) is 19.2 Å². The van der Waals surface area contributed by atoms with Crippen LogP contribution in [0.2, 0.25) is 0 Å². The highest BCUT2D eigenvalue weighted by Crippen LogP contribution is 2.26. The van der Waals surface area contributed by atoms with Crippen molar-refractivity contribution in [1.29, 1.82) is 0 Å². The van der Waals surface area contributed by atoms with E-state index in [-0.39, 0.29) is 11.7 Å². The summed E-state index contributed by atoms with van der Waals surface area (Å²) in [7, 11) is -3.54. The fraction of sp³-hybridized carbons (Fsp3) is 0.500. The van der Waals surface area contributed by atoms with Crippen molar-refractivity contribution < 1.29 is 13.2 Å². The Labute approximate surface area is 188 Å². The normalized spacial score (nSPS) is 17.4. The highest BCUT2D eigenvalue weighted by molar-refractivity contribution is 7.99. The van der Waals surface area contributed by atoms with E-state index in [1.54, 1.807) is 11.0 Å². The number of amides is 1. The van der Waals surface area contributed by atoms with Crippen LogP contribution >= 0.6 is 11.8 Å². The molecule has 7 nitrogen and oxygen atoms in total. The molecule has 1 aliphatic heterocycles. The molecule has 0 atom stereocenters. The van der Waals surface area contributed by atoms with Crippen LogP contribution in [0.15, 0.2) is 34.3 Å². The smallest absolute Gasteiger partial charge is 0.243 e. The maximum absolute atomic E-state index is 13.1. The molecule has 9 heteroatoms. The molecule has 0 N–H and O–H groups in total. The third-order valence-corrected chi connectivity index (χ3v) is 8.56. The lowest BCUT2D eigenvalue weighted by Gasteiger charge is -2.34. The Balaban J connectivity index is 1.35. The summed E-state index contributed by atoms with van der Waals surface area (Å²) in [4.78, 5) is 23.4. The van der Waals surface area contributed by atoms with Gasteiger partial charge in [0.15, 0.2) is 5.16 Å². The molecule has 2 aliphatic rings. The molecule has 2 aromatic rings. The number of nitrogens with zero attached hydrogens (tertiary/aromatic N) is 4. The number of hydrogen-bond acceptors (Lipinski definition) is 6. The summed E-state index contributed by atoms with van der Waals surface area (Å²) >= 11 is 1.32. The molecule has 31 heavy (non-hydrogen) atoms. The minimum atomic E-state index is -3.54. The Morgan fingerprint density at radius 1 is 0.968 bits per heavy atom. The second kappa shape index (κ2) is 9.26. The summed E-state index contributed by atoms with van der Waals surface area (Å²) in [6.07, 6.45) is 4.26. The highest BCUT2D eigenvalue weighted by Gasteiger charge is 2.30. The molecule has 166 valence electrons. The van der Waals surface area contributed by atoms with E-state index in [1.165, 1.54) is 28.1 Å². The number of thioether (sulfide) groups is 1. The summed E-state index contributed by atoms with van der Waals surface area (Å²) in [6, 6.07) is 7.45. The second-order valence-electron chi connectivity index (χ2n) is 8.14. The third-order valence-electron chi connectivity index (χ3n) is 5.84. The minimum Gasteiger partial charge on any atom is -0.339 e. The molecular weight excluding hydrogens is 432 g/mol. The second-order valence-corrected chi connectivity index (χ2v) is 11.0. The maximum Gasteiger partial charge on any atom is 0.243 e. The van der Waals surface area contributed by atoms with Crippen molar-refractivity contribution >= 4 is 27.7 Å². The van der Waals surface area contributed by atoms with Gasteiger partial charge in [0.1, 0.15) is 0 Å². The number of sulfonamides is 1. The summed E-state index contributed by atoms with van der Waals surface area (Å²) in [6.45, 7) is 5.24. The van der Waals surface area contributed by atoms with Gasteiger partial charge >= 0.3 is 0 Å². The van der Waals surface area contributed by atoms with Crippen molar-refractivity contribution in [3.8, 4) is 0 Å². The number of fused-ring (bicyclic) bond motifs is 1. The van der Waals surface area contributed by atoms with E-state index in [1.807, 2.05) is 32.0 Å². The average Bonchev–Trinajstić information content (AvgIpc) is 2.76. The van der Waals surface area contributed by atoms with E-state index < -0.39 is 10.0 Å². The molecule has 1 saturated heterocycles. The maximum atomic E-state index is 13.1. The molecule has 0 unspecified atom stereocenters. The number of aryl methyl sites for hydroxylation is 4. The van der Waals surface area contributed by atoms with Gasteiger partial charge in [0.05, 0.1) is 10.6 Å². The van der Waals surface area contributed by atoms with Gasteiger partial charge in [-0.15, -0.1) is 0 Å². The van der Waals surface area contributed by atoms with E-state index >= 15 is 0 Å². The molecule has 0 bridgehead atoms. The standard InChI is InChI=1S/C22H28N4O3S2/c1-16-13-17(2)24-22(23-16)30-15-21(27)25-9-11-26(12-10-25)31(28,29)20-8-7-18-5-3-4-6-19(18)14-20/h7-8,13-14H,3-6,9-12,15H2,1-2H3. The zero-order valence-corrected chi connectivity index (χ0v) is 19.6. The summed E-state index contributed by atoms with van der Waals surface area (Å²) in [5.74, 6) is 0.235. The fourth-order valence-electron chi connectivity index (χ4n) is 4.17. The first kappa shape index (κ1) is 22.2. The van der Waals surface area contributed by atoms with Crippen LogP contribution in [-0.4, -0.2) is 65.4 Å². The predicted molar refractivity (Wildman–Crippen MR) is 121 cm³/mol. The van der Waals surface area contributed by atoms with Crippen molar-refractivity contribution in [2.45, 2.75) is 49.6 Å². The van der Waals surface area contributed by atoms with Crippen LogP contribution in [0.3, 0.4) is 0 Å². The fourth-order valence-corrected chi connectivity index (χ4v) is 6.50. The number of benzene rings is 1. The number of aromatic nitrogens is 2. The first-order valence-electron chi connectivity index (χ1n) is 10.7. The zero-order valence-electron chi connectivity index (χ0n) is 18.0. The zero-order chi connectivity index (χ0) is 22.0. The molecule has 1 amide bonds. The van der Waals surface area contributed by atoms with Crippen molar-refractivity contribution in [3.63, 3.8) is 0 Å². The average molecular weight is 461 g/mol. The predicted octanol–water partition coefficient (Wildman–Crippen LogP) is 2.60. The van der Waals surface area contributed by atoms with Crippen molar-refractivity contribution in [3.05, 3.63) is 46.8 Å². The van der Waals surface area contributed by atoms with Crippen LogP contribution in [0, 0.1) is 13.8 Å². The van der Waals surface area contributed by atoms with Gasteiger partial charge in [0, 0.05) is 37.6 Å². The lowest BCUT2D eigenvalue weighted by atomic mass is 9.92. The number of piperazine rings is 1. The quantitative estimate of drug-likeness (QED) is 0.504. The molecule has 0 saturated carbocycles. The van der Waals surface area contributed by atoms with E-state index in [9.17, 15) is 13.2 Å². The molecule has 1 aliphatic carbocycles. The Kier molecular flexibility index (Phi) is 6.64. The summed E-state index contributed by atoms with van der Waals surface area (Å²) < 4.78 is 27.8. The van der Waals surface area contributed by atoms with Gasteiger partial charge in [-0.2, -0.15) is 4.31 Å². The molecular formula is C22H28N4O3S2. The highest BCUT2D eigenvalue weighted by atomic mass is 32.2. The Morgan fingerprint density at radius 2 is 1.61 bits per heavy atom. The molecule has 1 aromatic carbocycles. The SMILES string of the molecule is Cc1cc(C)nc(SCC(=O)N2CCN(S(=O)(=O)c3ccc4c(c3)CCCC4)CC2)n1. The van der Waals surface area contributed by atoms with Crippen molar-refractivity contribution in [2.75, 3.05) is 31.9 Å². The number of rotatable bonds is 5. The Morgan fingerprint density at radius 3 is 2.29 bits per heavy atom. The van der Waals surface area contributed by atoms with Crippen LogP contribution in [0.5, 0.6) is 0 Å². The van der Waals surface area contributed by atoms with Crippen LogP contribution in [0.25, 0.3) is 0 Å². The first-order chi connectivity index (χ1) is 14.8. The monoisotopic (exact) mass is 460 g/mol. The molecule has 4 rings (SSSR count). The minimum absolute atomic E-state index is 0.0152. The number of carbonyl (C=O) groups excluding carboxylic acids is 1. The van der Waals surface area contributed by atoms with Gasteiger partial charge < -0.3 is 4.90 Å². The van der Waals surface area contributed by atoms with E-state index in [2.05, 4.69) is 9.97 Å². The van der Waals surface area contributed by atoms with Gasteiger partial charge in [-0.05, 0) is 68.9 Å². The number of hydrogen-bond donors (Lipinski definition) is 0. The molecule has 0 spiro atoms. The van der Waals surface area contributed by atoms with Crippen LogP contribution in [0.4, 0.5) is 0 Å². The topological polar surface area (TPSA) is 83.5 Å². The van der Waals surface area contributed by atoms with Gasteiger partial charge in [-0.1, -0.05) is 17.8 Å². The Bertz CT molecular complexity index is 1060. The summed E-state index contributed by atoms with van der Waals surface area (Å²) in [5, 5.41) is 0.597. The van der Waals surface area contributed by atoms with Crippen LogP contribution in [-0.2, 0) is 27.7 Å². The lowest BCUT2D eigenvalue weighted by molar-refractivity contribution is -0.129. The molecule has 0 radical (unpaired) electrons. The van der Waals surface area contributed by atoms with Gasteiger partial charge in [-0.25, -0.2) is 18.4 Å². The van der Waals surface area contributed by atoms with Gasteiger partial charge in [-0.3, -0.25) is 4.79 Å². The van der Waals surface area contributed by atoms with E-state index in [0.29, 0.717) is 36.2 Å². The largest absolute Gasteiger partial charge is 0.339 e. The summed E-state index contributed by atoms with van der Waals surface area (Å²) in [5.41, 5.74) is 4.18. The van der Waals surface area contributed by atoms with Crippen LogP contribution in [0.1, 0.15) is 35.4 Å². The molecule has 2 heterocycles. The van der Waals surface area contributed by atoms with Gasteiger partial charge in [0.2, 0.25) is 15.9 Å². The Hall–Kier alpha value is -1.97. The van der Waals surface area contributed by atoms with Crippen LogP contribution < -0.4 is 0 Å². The van der Waals surface area contributed by atoms with E-state index in [4.69, 9.17) is 0 Å². The molecule has 1 aromatic heterocycles. The van der Waals surface area contributed by atoms with Gasteiger partial charge in [0.25, 0.3) is 0 Å². The molecule has 1 fully saturated rings. The number of carbonyl (C=O) groups is 1. The third kappa shape index (κ3) is 5.10. The first-order valence-corrected chi connectivity index (χ1v) is 13.1. The van der Waals surface area contributed by atoms with E-state index in [0.717, 1.165) is 36.2 Å². The van der Waals surface area contributed by atoms with Crippen molar-refractivity contribution in [2.24, 2.45) is 0 Å².